The summed E-state index contributed by atoms with van der Waals surface area (Å²) >= 11 is 7.41. The lowest BCUT2D eigenvalue weighted by Crippen LogP contribution is -2.45. The summed E-state index contributed by atoms with van der Waals surface area (Å²) in [4.78, 5) is 27.4. The number of carbonyl (C=O) groups is 2. The molecule has 0 aliphatic carbocycles. The van der Waals surface area contributed by atoms with E-state index in [9.17, 15) is 9.59 Å². The fourth-order valence-corrected chi connectivity index (χ4v) is 3.74. The van der Waals surface area contributed by atoms with Gasteiger partial charge >= 0.3 is 5.97 Å². The van der Waals surface area contributed by atoms with Crippen molar-refractivity contribution < 1.29 is 19.1 Å². The molecule has 0 bridgehead atoms. The molecule has 5 nitrogen and oxygen atoms in total. The van der Waals surface area contributed by atoms with E-state index in [2.05, 4.69) is 0 Å². The average molecular weight is 366 g/mol. The van der Waals surface area contributed by atoms with Gasteiger partial charge in [-0.05, 0) is 47.7 Å². The maximum atomic E-state index is 12.6. The van der Waals surface area contributed by atoms with Crippen molar-refractivity contribution in [3.63, 3.8) is 0 Å². The van der Waals surface area contributed by atoms with E-state index in [1.807, 2.05) is 11.4 Å². The highest BCUT2D eigenvalue weighted by atomic mass is 35.5. The second-order valence-corrected chi connectivity index (χ2v) is 6.74. The zero-order valence-electron chi connectivity index (χ0n) is 13.0. The predicted molar refractivity (Wildman–Crippen MR) is 91.4 cm³/mol. The molecule has 1 amide bonds. The van der Waals surface area contributed by atoms with Gasteiger partial charge in [0.05, 0.1) is 7.11 Å². The molecule has 2 aromatic rings. The molecule has 1 aliphatic heterocycles. The van der Waals surface area contributed by atoms with Crippen molar-refractivity contribution in [2.24, 2.45) is 0 Å². The van der Waals surface area contributed by atoms with E-state index in [1.165, 1.54) is 12.0 Å². The van der Waals surface area contributed by atoms with E-state index in [1.54, 1.807) is 35.6 Å². The van der Waals surface area contributed by atoms with Gasteiger partial charge in [-0.3, -0.25) is 4.79 Å². The highest BCUT2D eigenvalue weighted by Crippen LogP contribution is 2.34. The summed E-state index contributed by atoms with van der Waals surface area (Å²) in [6.07, 6.45) is 0.729. The van der Waals surface area contributed by atoms with Crippen LogP contribution in [0.25, 0.3) is 0 Å². The van der Waals surface area contributed by atoms with Gasteiger partial charge in [-0.15, -0.1) is 11.3 Å². The maximum Gasteiger partial charge on any atom is 0.333 e. The number of rotatable bonds is 4. The molecule has 2 heterocycles. The van der Waals surface area contributed by atoms with Gasteiger partial charge in [0.1, 0.15) is 5.75 Å². The molecule has 126 valence electrons. The first-order chi connectivity index (χ1) is 11.6. The first-order valence-electron chi connectivity index (χ1n) is 7.42. The standard InChI is InChI=1S/C17H16ClNO4S/c1-22-17(21)16-13-7-9-24-14(13)6-8-19(16)15(20)10-23-12-4-2-11(18)3-5-12/h2-5,7,9,16H,6,8,10H2,1H3. The predicted octanol–water partition coefficient (Wildman–Crippen LogP) is 3.08. The minimum Gasteiger partial charge on any atom is -0.484 e. The number of halogens is 1. The normalized spacial score (nSPS) is 16.4. The Kier molecular flexibility index (Phi) is 5.06. The third-order valence-electron chi connectivity index (χ3n) is 3.89. The van der Waals surface area contributed by atoms with Gasteiger partial charge in [-0.2, -0.15) is 0 Å². The molecule has 0 saturated heterocycles. The minimum absolute atomic E-state index is 0.144. The Morgan fingerprint density at radius 1 is 1.29 bits per heavy atom. The van der Waals surface area contributed by atoms with Gasteiger partial charge in [-0.25, -0.2) is 4.79 Å². The van der Waals surface area contributed by atoms with Crippen LogP contribution < -0.4 is 4.74 Å². The summed E-state index contributed by atoms with van der Waals surface area (Å²) in [5.41, 5.74) is 0.845. The molecule has 24 heavy (non-hydrogen) atoms. The van der Waals surface area contributed by atoms with E-state index in [0.29, 0.717) is 17.3 Å². The van der Waals surface area contributed by atoms with E-state index < -0.39 is 12.0 Å². The lowest BCUT2D eigenvalue weighted by atomic mass is 10.00. The molecular weight excluding hydrogens is 350 g/mol. The monoisotopic (exact) mass is 365 g/mol. The first kappa shape index (κ1) is 16.8. The zero-order chi connectivity index (χ0) is 17.1. The number of esters is 1. The number of benzene rings is 1. The summed E-state index contributed by atoms with van der Waals surface area (Å²) in [7, 11) is 1.33. The summed E-state index contributed by atoms with van der Waals surface area (Å²) < 4.78 is 10.4. The smallest absolute Gasteiger partial charge is 0.333 e. The molecule has 3 rings (SSSR count). The van der Waals surface area contributed by atoms with Crippen LogP contribution in [0.15, 0.2) is 35.7 Å². The third kappa shape index (κ3) is 3.39. The van der Waals surface area contributed by atoms with Crippen LogP contribution in [0.2, 0.25) is 5.02 Å². The van der Waals surface area contributed by atoms with E-state index in [-0.39, 0.29) is 12.5 Å². The fraction of sp³-hybridized carbons (Fsp3) is 0.294. The largest absolute Gasteiger partial charge is 0.484 e. The summed E-state index contributed by atoms with van der Waals surface area (Å²) in [6.45, 7) is 0.324. The van der Waals surface area contributed by atoms with E-state index >= 15 is 0 Å². The number of amides is 1. The van der Waals surface area contributed by atoms with Gasteiger partial charge in [0.25, 0.3) is 5.91 Å². The van der Waals surface area contributed by atoms with Crippen molar-refractivity contribution in [2.75, 3.05) is 20.3 Å². The highest BCUT2D eigenvalue weighted by Gasteiger charge is 2.37. The van der Waals surface area contributed by atoms with Crippen molar-refractivity contribution in [3.8, 4) is 5.75 Å². The number of methoxy groups -OCH3 is 1. The average Bonchev–Trinajstić information content (AvgIpc) is 3.08. The maximum absolute atomic E-state index is 12.6. The molecular formula is C17H16ClNO4S. The van der Waals surface area contributed by atoms with Gasteiger partial charge in [0.15, 0.2) is 12.6 Å². The van der Waals surface area contributed by atoms with Crippen molar-refractivity contribution in [3.05, 3.63) is 51.2 Å². The van der Waals surface area contributed by atoms with Crippen LogP contribution in [-0.4, -0.2) is 37.0 Å². The Labute approximate surface area is 148 Å². The van der Waals surface area contributed by atoms with Crippen LogP contribution in [-0.2, 0) is 20.7 Å². The van der Waals surface area contributed by atoms with Crippen LogP contribution in [0, 0.1) is 0 Å². The van der Waals surface area contributed by atoms with Gasteiger partial charge in [0, 0.05) is 16.4 Å². The molecule has 1 atom stereocenters. The SMILES string of the molecule is COC(=O)C1c2ccsc2CCN1C(=O)COc1ccc(Cl)cc1. The van der Waals surface area contributed by atoms with Crippen LogP contribution >= 0.6 is 22.9 Å². The second-order valence-electron chi connectivity index (χ2n) is 5.30. The van der Waals surface area contributed by atoms with E-state index in [0.717, 1.165) is 16.9 Å². The number of carbonyl (C=O) groups excluding carboxylic acids is 2. The number of thiophene rings is 1. The summed E-state index contributed by atoms with van der Waals surface area (Å²) in [6, 6.07) is 7.95. The lowest BCUT2D eigenvalue weighted by Gasteiger charge is -2.33. The van der Waals surface area contributed by atoms with Crippen LogP contribution in [0.3, 0.4) is 0 Å². The minimum atomic E-state index is -0.702. The van der Waals surface area contributed by atoms with Crippen LogP contribution in [0.1, 0.15) is 16.5 Å². The van der Waals surface area contributed by atoms with Crippen molar-refractivity contribution in [1.82, 2.24) is 4.90 Å². The number of fused-ring (bicyclic) bond motifs is 1. The van der Waals surface area contributed by atoms with Crippen molar-refractivity contribution in [2.45, 2.75) is 12.5 Å². The van der Waals surface area contributed by atoms with Gasteiger partial charge in [0.2, 0.25) is 0 Å². The van der Waals surface area contributed by atoms with Gasteiger partial charge < -0.3 is 14.4 Å². The fourth-order valence-electron chi connectivity index (χ4n) is 2.71. The topological polar surface area (TPSA) is 55.8 Å². The number of nitrogens with zero attached hydrogens (tertiary/aromatic N) is 1. The molecule has 0 fully saturated rings. The molecule has 1 aliphatic rings. The lowest BCUT2D eigenvalue weighted by molar-refractivity contribution is -0.154. The zero-order valence-corrected chi connectivity index (χ0v) is 14.6. The number of hydrogen-bond acceptors (Lipinski definition) is 5. The molecule has 0 spiro atoms. The second kappa shape index (κ2) is 7.23. The molecule has 1 aromatic heterocycles. The Morgan fingerprint density at radius 2 is 2.04 bits per heavy atom. The van der Waals surface area contributed by atoms with Gasteiger partial charge in [-0.1, -0.05) is 11.6 Å². The quantitative estimate of drug-likeness (QED) is 0.781. The molecule has 1 aromatic carbocycles. The summed E-state index contributed by atoms with van der Waals surface area (Å²) in [5, 5.41) is 2.53. The first-order valence-corrected chi connectivity index (χ1v) is 8.68. The summed E-state index contributed by atoms with van der Waals surface area (Å²) in [5.74, 6) is -0.137. The van der Waals surface area contributed by atoms with Crippen molar-refractivity contribution in [1.29, 1.82) is 0 Å². The van der Waals surface area contributed by atoms with E-state index in [4.69, 9.17) is 21.1 Å². The third-order valence-corrected chi connectivity index (χ3v) is 5.14. The highest BCUT2D eigenvalue weighted by molar-refractivity contribution is 7.10. The van der Waals surface area contributed by atoms with Crippen LogP contribution in [0.5, 0.6) is 5.75 Å². The Balaban J connectivity index is 1.73. The van der Waals surface area contributed by atoms with Crippen LogP contribution in [0.4, 0.5) is 0 Å². The molecule has 0 saturated carbocycles. The number of ether oxygens (including phenoxy) is 2. The molecule has 0 radical (unpaired) electrons. The Morgan fingerprint density at radius 3 is 2.75 bits per heavy atom. The Bertz CT molecular complexity index is 743. The molecule has 1 unspecified atom stereocenters. The Hall–Kier alpha value is -2.05. The molecule has 0 N–H and O–H groups in total. The number of hydrogen-bond donors (Lipinski definition) is 0. The molecule has 7 heteroatoms. The van der Waals surface area contributed by atoms with Crippen molar-refractivity contribution >= 4 is 34.8 Å².